The van der Waals surface area contributed by atoms with E-state index >= 15 is 0 Å². The predicted octanol–water partition coefficient (Wildman–Crippen LogP) is 4.60. The second-order valence-electron chi connectivity index (χ2n) is 7.32. The highest BCUT2D eigenvalue weighted by Crippen LogP contribution is 2.17. The van der Waals surface area contributed by atoms with Gasteiger partial charge in [-0.05, 0) is 59.8 Å². The van der Waals surface area contributed by atoms with E-state index in [4.69, 9.17) is 0 Å². The molecule has 0 saturated heterocycles. The quantitative estimate of drug-likeness (QED) is 0.499. The molecule has 0 fully saturated rings. The second-order valence-corrected chi connectivity index (χ2v) is 7.32. The standard InChI is InChI=1S/C24H21FN4O2/c1-16-4-2-6-18-12-19(23(30)28-22(16)18)15-29(14-17-5-3-11-26-13-17)24(31)27-21-9-7-20(25)8-10-21/h2-13H,14-15H2,1H3,(H,27,31)(H,28,30). The molecule has 0 saturated carbocycles. The molecule has 0 radical (unpaired) electrons. The molecule has 156 valence electrons. The van der Waals surface area contributed by atoms with Gasteiger partial charge in [-0.2, -0.15) is 0 Å². The van der Waals surface area contributed by atoms with Crippen molar-refractivity contribution in [3.8, 4) is 0 Å². The Morgan fingerprint density at radius 1 is 1.10 bits per heavy atom. The summed E-state index contributed by atoms with van der Waals surface area (Å²) in [6.45, 7) is 2.29. The van der Waals surface area contributed by atoms with Crippen molar-refractivity contribution in [1.82, 2.24) is 14.9 Å². The summed E-state index contributed by atoms with van der Waals surface area (Å²) >= 11 is 0. The van der Waals surface area contributed by atoms with Crippen LogP contribution in [0.2, 0.25) is 0 Å². The lowest BCUT2D eigenvalue weighted by molar-refractivity contribution is 0.206. The summed E-state index contributed by atoms with van der Waals surface area (Å²) in [5, 5.41) is 3.66. The topological polar surface area (TPSA) is 78.1 Å². The molecule has 31 heavy (non-hydrogen) atoms. The number of para-hydroxylation sites is 1. The fraction of sp³-hybridized carbons (Fsp3) is 0.125. The Kier molecular flexibility index (Phi) is 5.75. The minimum atomic E-state index is -0.404. The summed E-state index contributed by atoms with van der Waals surface area (Å²) in [6.07, 6.45) is 3.33. The Morgan fingerprint density at radius 3 is 2.65 bits per heavy atom. The minimum absolute atomic E-state index is 0.0984. The van der Waals surface area contributed by atoms with Crippen molar-refractivity contribution in [3.63, 3.8) is 0 Å². The van der Waals surface area contributed by atoms with Gasteiger partial charge >= 0.3 is 6.03 Å². The Bertz CT molecular complexity index is 1270. The van der Waals surface area contributed by atoms with Crippen LogP contribution in [-0.2, 0) is 13.1 Å². The summed E-state index contributed by atoms with van der Waals surface area (Å²) in [4.78, 5) is 34.3. The van der Waals surface area contributed by atoms with Crippen molar-refractivity contribution in [2.45, 2.75) is 20.0 Å². The highest BCUT2D eigenvalue weighted by molar-refractivity contribution is 5.89. The van der Waals surface area contributed by atoms with Gasteiger partial charge in [0.05, 0.1) is 12.1 Å². The van der Waals surface area contributed by atoms with E-state index in [0.29, 0.717) is 11.3 Å². The molecule has 4 aromatic rings. The van der Waals surface area contributed by atoms with E-state index < -0.39 is 6.03 Å². The molecule has 0 unspecified atom stereocenters. The molecule has 0 aliphatic carbocycles. The number of hydrogen-bond donors (Lipinski definition) is 2. The molecule has 0 spiro atoms. The minimum Gasteiger partial charge on any atom is -0.321 e. The Balaban J connectivity index is 1.64. The zero-order valence-corrected chi connectivity index (χ0v) is 16.9. The largest absolute Gasteiger partial charge is 0.322 e. The first-order chi connectivity index (χ1) is 15.0. The number of halogens is 1. The number of fused-ring (bicyclic) bond motifs is 1. The van der Waals surface area contributed by atoms with Crippen LogP contribution in [0.5, 0.6) is 0 Å². The molecule has 0 bridgehead atoms. The highest BCUT2D eigenvalue weighted by Gasteiger charge is 2.17. The number of nitrogens with one attached hydrogen (secondary N) is 2. The molecule has 2 heterocycles. The van der Waals surface area contributed by atoms with Gasteiger partial charge in [0, 0.05) is 30.2 Å². The van der Waals surface area contributed by atoms with Gasteiger partial charge in [-0.1, -0.05) is 24.3 Å². The van der Waals surface area contributed by atoms with Crippen LogP contribution in [0.4, 0.5) is 14.9 Å². The molecule has 2 aromatic heterocycles. The number of aryl methyl sites for hydroxylation is 1. The van der Waals surface area contributed by atoms with Gasteiger partial charge in [0.1, 0.15) is 5.82 Å². The van der Waals surface area contributed by atoms with Crippen molar-refractivity contribution in [2.24, 2.45) is 0 Å². The van der Waals surface area contributed by atoms with Gasteiger partial charge in [-0.3, -0.25) is 9.78 Å². The Labute approximate surface area is 178 Å². The highest BCUT2D eigenvalue weighted by atomic mass is 19.1. The summed E-state index contributed by atoms with van der Waals surface area (Å²) in [5.74, 6) is -0.386. The number of urea groups is 1. The summed E-state index contributed by atoms with van der Waals surface area (Å²) in [7, 11) is 0. The van der Waals surface area contributed by atoms with Gasteiger partial charge in [-0.15, -0.1) is 0 Å². The fourth-order valence-corrected chi connectivity index (χ4v) is 3.40. The molecular formula is C24H21FN4O2. The van der Waals surface area contributed by atoms with Gasteiger partial charge in [-0.25, -0.2) is 9.18 Å². The molecule has 0 aliphatic rings. The van der Waals surface area contributed by atoms with Crippen molar-refractivity contribution < 1.29 is 9.18 Å². The first-order valence-electron chi connectivity index (χ1n) is 9.81. The normalized spacial score (nSPS) is 10.8. The number of carbonyl (C=O) groups excluding carboxylic acids is 1. The van der Waals surface area contributed by atoms with Gasteiger partial charge in [0.15, 0.2) is 0 Å². The molecule has 7 heteroatoms. The van der Waals surface area contributed by atoms with Crippen LogP contribution in [0.3, 0.4) is 0 Å². The van der Waals surface area contributed by atoms with Crippen molar-refractivity contribution in [3.05, 3.63) is 106 Å². The summed E-state index contributed by atoms with van der Waals surface area (Å²) in [5.41, 5.74) is 3.27. The van der Waals surface area contributed by atoms with Crippen LogP contribution >= 0.6 is 0 Å². The molecule has 2 aromatic carbocycles. The number of amides is 2. The van der Waals surface area contributed by atoms with E-state index in [1.165, 1.54) is 29.2 Å². The van der Waals surface area contributed by atoms with E-state index in [9.17, 15) is 14.0 Å². The maximum Gasteiger partial charge on any atom is 0.322 e. The lowest BCUT2D eigenvalue weighted by atomic mass is 10.1. The average Bonchev–Trinajstić information content (AvgIpc) is 2.77. The third kappa shape index (κ3) is 4.78. The van der Waals surface area contributed by atoms with Crippen molar-refractivity contribution in [1.29, 1.82) is 0 Å². The third-order valence-electron chi connectivity index (χ3n) is 5.01. The van der Waals surface area contributed by atoms with Gasteiger partial charge in [0.2, 0.25) is 0 Å². The predicted molar refractivity (Wildman–Crippen MR) is 118 cm³/mol. The molecule has 2 amide bonds. The van der Waals surface area contributed by atoms with Crippen LogP contribution in [0.1, 0.15) is 16.7 Å². The number of benzene rings is 2. The van der Waals surface area contributed by atoms with Crippen LogP contribution in [-0.4, -0.2) is 20.9 Å². The number of anilines is 1. The summed E-state index contributed by atoms with van der Waals surface area (Å²) in [6, 6.07) is 16.4. The van der Waals surface area contributed by atoms with Crippen LogP contribution in [0, 0.1) is 12.7 Å². The van der Waals surface area contributed by atoms with Crippen molar-refractivity contribution >= 4 is 22.6 Å². The molecule has 0 atom stereocenters. The molecule has 4 rings (SSSR count). The third-order valence-corrected chi connectivity index (χ3v) is 5.01. The van der Waals surface area contributed by atoms with Crippen molar-refractivity contribution in [2.75, 3.05) is 5.32 Å². The average molecular weight is 416 g/mol. The number of carbonyl (C=O) groups is 1. The Morgan fingerprint density at radius 2 is 1.90 bits per heavy atom. The lowest BCUT2D eigenvalue weighted by Gasteiger charge is -2.23. The zero-order valence-electron chi connectivity index (χ0n) is 16.9. The van der Waals surface area contributed by atoms with E-state index in [2.05, 4.69) is 15.3 Å². The van der Waals surface area contributed by atoms with E-state index in [0.717, 1.165) is 22.0 Å². The Hall–Kier alpha value is -4.00. The molecular weight excluding hydrogens is 395 g/mol. The monoisotopic (exact) mass is 416 g/mol. The smallest absolute Gasteiger partial charge is 0.321 e. The van der Waals surface area contributed by atoms with Gasteiger partial charge < -0.3 is 15.2 Å². The number of rotatable bonds is 5. The van der Waals surface area contributed by atoms with Crippen LogP contribution in [0.15, 0.2) is 77.9 Å². The van der Waals surface area contributed by atoms with E-state index in [1.54, 1.807) is 18.5 Å². The number of H-pyrrole nitrogens is 1. The lowest BCUT2D eigenvalue weighted by Crippen LogP contribution is -2.35. The number of pyridine rings is 2. The van der Waals surface area contributed by atoms with E-state index in [1.807, 2.05) is 37.3 Å². The zero-order chi connectivity index (χ0) is 21.8. The van der Waals surface area contributed by atoms with E-state index in [-0.39, 0.29) is 24.5 Å². The van der Waals surface area contributed by atoms with Gasteiger partial charge in [0.25, 0.3) is 5.56 Å². The number of aromatic amines is 1. The SMILES string of the molecule is Cc1cccc2cc(CN(Cc3cccnc3)C(=O)Nc3ccc(F)cc3)c(=O)[nH]c12. The fourth-order valence-electron chi connectivity index (χ4n) is 3.40. The first kappa shape index (κ1) is 20.3. The number of aromatic nitrogens is 2. The maximum atomic E-state index is 13.2. The molecule has 2 N–H and O–H groups in total. The van der Waals surface area contributed by atoms with Crippen LogP contribution < -0.4 is 10.9 Å². The first-order valence-corrected chi connectivity index (χ1v) is 9.81. The molecule has 0 aliphatic heterocycles. The number of hydrogen-bond acceptors (Lipinski definition) is 3. The number of nitrogens with zero attached hydrogens (tertiary/aromatic N) is 2. The summed E-state index contributed by atoms with van der Waals surface area (Å²) < 4.78 is 13.2. The molecule has 6 nitrogen and oxygen atoms in total. The van der Waals surface area contributed by atoms with Crippen LogP contribution in [0.25, 0.3) is 10.9 Å². The maximum absolute atomic E-state index is 13.2. The second kappa shape index (κ2) is 8.79.